The summed E-state index contributed by atoms with van der Waals surface area (Å²) < 4.78 is 6.72. The second-order valence-corrected chi connectivity index (χ2v) is 10.0. The Kier molecular flexibility index (Phi) is 8.59. The number of hydrazone groups is 1. The van der Waals surface area contributed by atoms with E-state index in [1.165, 1.54) is 36.3 Å². The van der Waals surface area contributed by atoms with E-state index < -0.39 is 0 Å². The number of nitrogens with zero attached hydrogens (tertiary/aromatic N) is 2. The van der Waals surface area contributed by atoms with Crippen LogP contribution < -0.4 is 20.4 Å². The smallest absolute Gasteiger partial charge is 0.323 e. The SMILES string of the molecule is COc1cc(C(C)=NNC(=O)CSc2n[nH+]c(SCc3ccccc3Cl)s2)ccc1[O-]. The van der Waals surface area contributed by atoms with E-state index in [2.05, 4.69) is 20.7 Å². The number of amides is 1. The van der Waals surface area contributed by atoms with Gasteiger partial charge in [-0.15, -0.1) is 0 Å². The van der Waals surface area contributed by atoms with Crippen molar-refractivity contribution in [3.63, 3.8) is 0 Å². The number of carbonyl (C=O) groups excluding carboxylic acids is 1. The van der Waals surface area contributed by atoms with Crippen LogP contribution in [0, 0.1) is 0 Å². The lowest BCUT2D eigenvalue weighted by Crippen LogP contribution is -2.21. The van der Waals surface area contributed by atoms with E-state index in [0.717, 1.165) is 25.0 Å². The lowest BCUT2D eigenvalue weighted by Gasteiger charge is -2.13. The number of methoxy groups -OCH3 is 1. The molecule has 0 unspecified atom stereocenters. The molecule has 0 bridgehead atoms. The summed E-state index contributed by atoms with van der Waals surface area (Å²) in [6, 6.07) is 12.4. The molecule has 1 aromatic heterocycles. The number of nitrogens with one attached hydrogen (secondary N) is 2. The first-order chi connectivity index (χ1) is 15.0. The summed E-state index contributed by atoms with van der Waals surface area (Å²) in [6.45, 7) is 1.74. The molecule has 0 saturated carbocycles. The van der Waals surface area contributed by atoms with E-state index in [-0.39, 0.29) is 23.2 Å². The van der Waals surface area contributed by atoms with Crippen molar-refractivity contribution in [2.24, 2.45) is 5.10 Å². The molecule has 0 aliphatic carbocycles. The van der Waals surface area contributed by atoms with Gasteiger partial charge >= 0.3 is 4.34 Å². The Labute approximate surface area is 197 Å². The molecule has 162 valence electrons. The summed E-state index contributed by atoms with van der Waals surface area (Å²) in [5.41, 5.74) is 4.84. The second kappa shape index (κ2) is 11.4. The molecular formula is C20H19ClN4O3S3. The number of hydrogen-bond donors (Lipinski definition) is 1. The van der Waals surface area contributed by atoms with Crippen molar-refractivity contribution in [1.82, 2.24) is 10.5 Å². The highest BCUT2D eigenvalue weighted by Gasteiger charge is 2.14. The molecule has 0 atom stereocenters. The zero-order chi connectivity index (χ0) is 22.2. The van der Waals surface area contributed by atoms with Crippen molar-refractivity contribution < 1.29 is 19.7 Å². The standard InChI is InChI=1S/C20H19ClN4O3S3/c1-12(13-7-8-16(26)17(9-13)28-2)22-23-18(27)11-30-20-25-24-19(31-20)29-10-14-5-3-4-6-15(14)21/h3-9,26H,10-11H2,1-2H3,(H,23,27). The van der Waals surface area contributed by atoms with E-state index in [4.69, 9.17) is 16.3 Å². The number of aromatic amines is 1. The van der Waals surface area contributed by atoms with Gasteiger partial charge in [0.15, 0.2) is 0 Å². The van der Waals surface area contributed by atoms with Gasteiger partial charge in [-0.25, -0.2) is 5.43 Å². The molecule has 0 aliphatic rings. The molecule has 3 rings (SSSR count). The van der Waals surface area contributed by atoms with Gasteiger partial charge in [-0.1, -0.05) is 64.5 Å². The average molecular weight is 495 g/mol. The molecule has 3 aromatic rings. The summed E-state index contributed by atoms with van der Waals surface area (Å²) in [6.07, 6.45) is 0. The Bertz CT molecular complexity index is 1090. The largest absolute Gasteiger partial charge is 0.870 e. The second-order valence-electron chi connectivity index (χ2n) is 6.15. The Hall–Kier alpha value is -2.27. The molecule has 31 heavy (non-hydrogen) atoms. The van der Waals surface area contributed by atoms with Crippen molar-refractivity contribution in [3.05, 3.63) is 58.6 Å². The molecule has 7 nitrogen and oxygen atoms in total. The third-order valence-electron chi connectivity index (χ3n) is 3.99. The molecular weight excluding hydrogens is 476 g/mol. The topological polar surface area (TPSA) is 101 Å². The van der Waals surface area contributed by atoms with E-state index >= 15 is 0 Å². The van der Waals surface area contributed by atoms with E-state index in [1.54, 1.807) is 30.8 Å². The molecule has 0 spiro atoms. The van der Waals surface area contributed by atoms with Gasteiger partial charge in [-0.2, -0.15) is 5.10 Å². The minimum absolute atomic E-state index is 0.176. The predicted molar refractivity (Wildman–Crippen MR) is 123 cm³/mol. The average Bonchev–Trinajstić information content (AvgIpc) is 3.23. The van der Waals surface area contributed by atoms with Gasteiger partial charge < -0.3 is 9.84 Å². The zero-order valence-electron chi connectivity index (χ0n) is 16.7. The van der Waals surface area contributed by atoms with Gasteiger partial charge in [0.25, 0.3) is 5.91 Å². The zero-order valence-corrected chi connectivity index (χ0v) is 19.9. The first-order valence-electron chi connectivity index (χ1n) is 9.02. The van der Waals surface area contributed by atoms with Crippen molar-refractivity contribution in [2.75, 3.05) is 12.9 Å². The normalized spacial score (nSPS) is 11.4. The maximum atomic E-state index is 12.1. The molecule has 2 aromatic carbocycles. The number of H-pyrrole nitrogens is 1. The van der Waals surface area contributed by atoms with Crippen LogP contribution in [0.4, 0.5) is 0 Å². The van der Waals surface area contributed by atoms with Gasteiger partial charge in [0, 0.05) is 21.4 Å². The third kappa shape index (κ3) is 6.86. The molecule has 11 heteroatoms. The van der Waals surface area contributed by atoms with Gasteiger partial charge in [-0.3, -0.25) is 4.79 Å². The minimum atomic E-state index is -0.253. The number of thioether (sulfide) groups is 2. The van der Waals surface area contributed by atoms with Crippen LogP contribution in [0.25, 0.3) is 0 Å². The number of benzene rings is 2. The van der Waals surface area contributed by atoms with Gasteiger partial charge in [0.1, 0.15) is 5.75 Å². The van der Waals surface area contributed by atoms with Crippen LogP contribution in [0.15, 0.2) is 56.2 Å². The van der Waals surface area contributed by atoms with Crippen LogP contribution in [0.2, 0.25) is 5.02 Å². The number of carbonyl (C=O) groups is 1. The van der Waals surface area contributed by atoms with Crippen LogP contribution in [0.3, 0.4) is 0 Å². The summed E-state index contributed by atoms with van der Waals surface area (Å²) in [7, 11) is 1.43. The highest BCUT2D eigenvalue weighted by atomic mass is 35.5. The fourth-order valence-electron chi connectivity index (χ4n) is 2.36. The number of halogens is 1. The predicted octanol–water partition coefficient (Wildman–Crippen LogP) is 3.62. The molecule has 0 saturated heterocycles. The quantitative estimate of drug-likeness (QED) is 0.277. The van der Waals surface area contributed by atoms with Crippen LogP contribution >= 0.6 is 46.5 Å². The maximum Gasteiger partial charge on any atom is 0.323 e. The van der Waals surface area contributed by atoms with Gasteiger partial charge in [0.05, 0.1) is 18.6 Å². The van der Waals surface area contributed by atoms with E-state index in [9.17, 15) is 9.90 Å². The number of aromatic nitrogens is 2. The molecule has 1 amide bonds. The van der Waals surface area contributed by atoms with Crippen LogP contribution in [0.1, 0.15) is 18.1 Å². The van der Waals surface area contributed by atoms with E-state index in [1.807, 2.05) is 24.3 Å². The first-order valence-corrected chi connectivity index (χ1v) is 12.2. The summed E-state index contributed by atoms with van der Waals surface area (Å²) in [4.78, 5) is 12.1. The van der Waals surface area contributed by atoms with Gasteiger partial charge in [-0.05, 0) is 47.7 Å². The Balaban J connectivity index is 1.47. The lowest BCUT2D eigenvalue weighted by molar-refractivity contribution is -0.492. The fourth-order valence-corrected chi connectivity index (χ4v) is 5.53. The summed E-state index contributed by atoms with van der Waals surface area (Å²) in [5, 5.41) is 23.6. The number of rotatable bonds is 9. The van der Waals surface area contributed by atoms with Gasteiger partial charge in [0.2, 0.25) is 4.34 Å². The number of ether oxygens (including phenoxy) is 1. The van der Waals surface area contributed by atoms with Crippen molar-refractivity contribution in [2.45, 2.75) is 21.4 Å². The van der Waals surface area contributed by atoms with Crippen LogP contribution in [-0.2, 0) is 10.5 Å². The molecule has 0 fully saturated rings. The highest BCUT2D eigenvalue weighted by Crippen LogP contribution is 2.30. The highest BCUT2D eigenvalue weighted by molar-refractivity contribution is 8.03. The monoisotopic (exact) mass is 494 g/mol. The number of hydrogen-bond acceptors (Lipinski definition) is 8. The van der Waals surface area contributed by atoms with E-state index in [0.29, 0.717) is 11.3 Å². The molecule has 1 heterocycles. The summed E-state index contributed by atoms with van der Waals surface area (Å²) in [5.74, 6) is 0.684. The third-order valence-corrected chi connectivity index (χ3v) is 7.66. The molecule has 0 aliphatic heterocycles. The maximum absolute atomic E-state index is 12.1. The molecule has 2 N–H and O–H groups in total. The Morgan fingerprint density at radius 3 is 2.90 bits per heavy atom. The summed E-state index contributed by atoms with van der Waals surface area (Å²) >= 11 is 10.6. The van der Waals surface area contributed by atoms with Crippen LogP contribution in [-0.4, -0.2) is 29.6 Å². The first kappa shape index (κ1) is 23.4. The van der Waals surface area contributed by atoms with Crippen molar-refractivity contribution in [3.8, 4) is 11.5 Å². The Morgan fingerprint density at radius 1 is 1.32 bits per heavy atom. The van der Waals surface area contributed by atoms with Crippen molar-refractivity contribution in [1.29, 1.82) is 0 Å². The molecule has 0 radical (unpaired) electrons. The van der Waals surface area contributed by atoms with Crippen molar-refractivity contribution >= 4 is 58.1 Å². The fraction of sp³-hybridized carbons (Fsp3) is 0.200. The Morgan fingerprint density at radius 2 is 2.13 bits per heavy atom. The van der Waals surface area contributed by atoms with Crippen LogP contribution in [0.5, 0.6) is 11.5 Å². The minimum Gasteiger partial charge on any atom is -0.870 e. The lowest BCUT2D eigenvalue weighted by atomic mass is 10.1.